The van der Waals surface area contributed by atoms with E-state index in [0.29, 0.717) is 23.5 Å². The van der Waals surface area contributed by atoms with Gasteiger partial charge in [0.05, 0.1) is 17.4 Å². The van der Waals surface area contributed by atoms with Crippen LogP contribution in [0.1, 0.15) is 30.3 Å². The number of hydrogen-bond donors (Lipinski definition) is 2. The highest BCUT2D eigenvalue weighted by molar-refractivity contribution is 5.90. The second-order valence-corrected chi connectivity index (χ2v) is 6.44. The van der Waals surface area contributed by atoms with Crippen molar-refractivity contribution in [3.8, 4) is 0 Å². The van der Waals surface area contributed by atoms with Gasteiger partial charge in [-0.25, -0.2) is 0 Å². The predicted octanol–water partition coefficient (Wildman–Crippen LogP) is 2.70. The molecule has 144 valence electrons. The lowest BCUT2D eigenvalue weighted by Gasteiger charge is -2.09. The van der Waals surface area contributed by atoms with Gasteiger partial charge in [0.25, 0.3) is 0 Å². The van der Waals surface area contributed by atoms with Crippen LogP contribution in [0.4, 0.5) is 11.4 Å². The van der Waals surface area contributed by atoms with E-state index < -0.39 is 16.8 Å². The number of nitrogens with one attached hydrogen (secondary N) is 1. The number of nitro groups is 1. The van der Waals surface area contributed by atoms with Gasteiger partial charge in [-0.15, -0.1) is 0 Å². The Morgan fingerprint density at radius 2 is 1.93 bits per heavy atom. The number of nitrogens with zero attached hydrogens (tertiary/aromatic N) is 3. The zero-order valence-electron chi connectivity index (χ0n) is 15.4. The molecule has 0 radical (unpaired) electrons. The second-order valence-electron chi connectivity index (χ2n) is 6.44. The summed E-state index contributed by atoms with van der Waals surface area (Å²) < 4.78 is 1.46. The first-order valence-electron chi connectivity index (χ1n) is 8.49. The molecule has 0 aliphatic heterocycles. The summed E-state index contributed by atoms with van der Waals surface area (Å²) in [6.07, 6.45) is 0.539. The molecule has 9 heteroatoms. The summed E-state index contributed by atoms with van der Waals surface area (Å²) in [5, 5.41) is 26.8. The number of aliphatic carboxylic acids is 1. The molecule has 0 spiro atoms. The Labute approximate surface area is 156 Å². The zero-order chi connectivity index (χ0) is 20.1. The van der Waals surface area contributed by atoms with Gasteiger partial charge in [0, 0.05) is 12.1 Å². The molecule has 2 aromatic rings. The minimum Gasteiger partial charge on any atom is -0.481 e. The summed E-state index contributed by atoms with van der Waals surface area (Å²) in [4.78, 5) is 33.5. The van der Waals surface area contributed by atoms with Crippen molar-refractivity contribution in [3.05, 3.63) is 51.3 Å². The Kier molecular flexibility index (Phi) is 6.27. The standard InChI is InChI=1S/C18H22N4O5/c1-11(18(24)25)10-14-4-6-15(7-5-14)19-16(23)8-9-21-13(3)17(22(26)27)12(2)20-21/h4-7,11H,8-10H2,1-3H3,(H,19,23)(H,24,25). The summed E-state index contributed by atoms with van der Waals surface area (Å²) in [7, 11) is 0. The van der Waals surface area contributed by atoms with Crippen LogP contribution in [0, 0.1) is 29.9 Å². The number of carboxylic acids is 1. The Hall–Kier alpha value is -3.23. The molecular formula is C18H22N4O5. The van der Waals surface area contributed by atoms with Crippen molar-refractivity contribution in [3.63, 3.8) is 0 Å². The number of anilines is 1. The molecule has 0 saturated carbocycles. The van der Waals surface area contributed by atoms with E-state index in [4.69, 9.17) is 5.11 Å². The van der Waals surface area contributed by atoms with Crippen LogP contribution >= 0.6 is 0 Å². The molecule has 1 aromatic carbocycles. The maximum Gasteiger partial charge on any atom is 0.312 e. The molecule has 1 aromatic heterocycles. The van der Waals surface area contributed by atoms with Crippen LogP contribution in [0.3, 0.4) is 0 Å². The lowest BCUT2D eigenvalue weighted by atomic mass is 10.0. The SMILES string of the molecule is Cc1nn(CCC(=O)Nc2ccc(CC(C)C(=O)O)cc2)c(C)c1[N+](=O)[O-]. The first-order chi connectivity index (χ1) is 12.7. The average molecular weight is 374 g/mol. The van der Waals surface area contributed by atoms with E-state index in [1.807, 2.05) is 0 Å². The summed E-state index contributed by atoms with van der Waals surface area (Å²) in [5.41, 5.74) is 2.19. The van der Waals surface area contributed by atoms with E-state index in [1.54, 1.807) is 45.0 Å². The predicted molar refractivity (Wildman–Crippen MR) is 98.5 cm³/mol. The van der Waals surface area contributed by atoms with Gasteiger partial charge in [0.2, 0.25) is 5.91 Å². The van der Waals surface area contributed by atoms with Crippen molar-refractivity contribution >= 4 is 23.3 Å². The number of rotatable bonds is 8. The maximum atomic E-state index is 12.1. The molecule has 1 amide bonds. The molecule has 1 atom stereocenters. The Balaban J connectivity index is 1.92. The molecule has 9 nitrogen and oxygen atoms in total. The van der Waals surface area contributed by atoms with Crippen molar-refractivity contribution in [1.82, 2.24) is 9.78 Å². The molecule has 2 N–H and O–H groups in total. The molecule has 0 aliphatic rings. The molecule has 0 bridgehead atoms. The van der Waals surface area contributed by atoms with E-state index in [1.165, 1.54) is 4.68 Å². The van der Waals surface area contributed by atoms with Gasteiger partial charge in [0.1, 0.15) is 11.4 Å². The highest BCUT2D eigenvalue weighted by Crippen LogP contribution is 2.22. The van der Waals surface area contributed by atoms with Crippen molar-refractivity contribution in [2.45, 2.75) is 40.2 Å². The highest BCUT2D eigenvalue weighted by atomic mass is 16.6. The molecule has 0 aliphatic carbocycles. The third kappa shape index (κ3) is 5.13. The molecular weight excluding hydrogens is 352 g/mol. The number of aromatic nitrogens is 2. The number of benzene rings is 1. The zero-order valence-corrected chi connectivity index (χ0v) is 15.4. The lowest BCUT2D eigenvalue weighted by molar-refractivity contribution is -0.386. The fraction of sp³-hybridized carbons (Fsp3) is 0.389. The van der Waals surface area contributed by atoms with Gasteiger partial charge < -0.3 is 10.4 Å². The van der Waals surface area contributed by atoms with Crippen LogP contribution in [0.15, 0.2) is 24.3 Å². The Morgan fingerprint density at radius 3 is 2.44 bits per heavy atom. The maximum absolute atomic E-state index is 12.1. The Morgan fingerprint density at radius 1 is 1.30 bits per heavy atom. The summed E-state index contributed by atoms with van der Waals surface area (Å²) in [6, 6.07) is 6.99. The van der Waals surface area contributed by atoms with Crippen LogP contribution in [0.5, 0.6) is 0 Å². The fourth-order valence-electron chi connectivity index (χ4n) is 2.77. The van der Waals surface area contributed by atoms with Gasteiger partial charge >= 0.3 is 11.7 Å². The van der Waals surface area contributed by atoms with Crippen LogP contribution in [-0.2, 0) is 22.6 Å². The monoisotopic (exact) mass is 374 g/mol. The van der Waals surface area contributed by atoms with E-state index in [-0.39, 0.29) is 24.6 Å². The first kappa shape index (κ1) is 20.1. The van der Waals surface area contributed by atoms with Crippen LogP contribution in [0.25, 0.3) is 0 Å². The number of amides is 1. The first-order valence-corrected chi connectivity index (χ1v) is 8.49. The van der Waals surface area contributed by atoms with E-state index in [0.717, 1.165) is 5.56 Å². The van der Waals surface area contributed by atoms with E-state index >= 15 is 0 Å². The minimum atomic E-state index is -0.850. The number of carbonyl (C=O) groups is 2. The third-order valence-corrected chi connectivity index (χ3v) is 4.28. The fourth-order valence-corrected chi connectivity index (χ4v) is 2.77. The molecule has 27 heavy (non-hydrogen) atoms. The van der Waals surface area contributed by atoms with Crippen molar-refractivity contribution in [2.24, 2.45) is 5.92 Å². The molecule has 0 saturated heterocycles. The summed E-state index contributed by atoms with van der Waals surface area (Å²) in [5.74, 6) is -1.57. The summed E-state index contributed by atoms with van der Waals surface area (Å²) >= 11 is 0. The number of carboxylic acid groups (broad SMARTS) is 1. The number of hydrogen-bond acceptors (Lipinski definition) is 5. The van der Waals surface area contributed by atoms with Gasteiger partial charge in [-0.2, -0.15) is 5.10 Å². The van der Waals surface area contributed by atoms with Crippen molar-refractivity contribution < 1.29 is 19.6 Å². The molecule has 1 heterocycles. The number of carbonyl (C=O) groups excluding carboxylic acids is 1. The van der Waals surface area contributed by atoms with Gasteiger partial charge in [-0.1, -0.05) is 19.1 Å². The van der Waals surface area contributed by atoms with E-state index in [9.17, 15) is 19.7 Å². The highest BCUT2D eigenvalue weighted by Gasteiger charge is 2.21. The van der Waals surface area contributed by atoms with Crippen molar-refractivity contribution in [1.29, 1.82) is 0 Å². The molecule has 2 rings (SSSR count). The smallest absolute Gasteiger partial charge is 0.312 e. The average Bonchev–Trinajstić information content (AvgIpc) is 2.88. The molecule has 0 fully saturated rings. The lowest BCUT2D eigenvalue weighted by Crippen LogP contribution is -2.16. The minimum absolute atomic E-state index is 0.0263. The van der Waals surface area contributed by atoms with Crippen LogP contribution in [0.2, 0.25) is 0 Å². The normalized spacial score (nSPS) is 11.8. The largest absolute Gasteiger partial charge is 0.481 e. The Bertz CT molecular complexity index is 857. The topological polar surface area (TPSA) is 127 Å². The van der Waals surface area contributed by atoms with Gasteiger partial charge in [0.15, 0.2) is 0 Å². The van der Waals surface area contributed by atoms with Gasteiger partial charge in [-0.05, 0) is 38.0 Å². The van der Waals surface area contributed by atoms with Crippen LogP contribution in [-0.4, -0.2) is 31.7 Å². The van der Waals surface area contributed by atoms with Crippen molar-refractivity contribution in [2.75, 3.05) is 5.32 Å². The van der Waals surface area contributed by atoms with Gasteiger partial charge in [-0.3, -0.25) is 24.4 Å². The number of aryl methyl sites for hydroxylation is 2. The third-order valence-electron chi connectivity index (χ3n) is 4.28. The summed E-state index contributed by atoms with van der Waals surface area (Å²) in [6.45, 7) is 5.04. The van der Waals surface area contributed by atoms with Crippen LogP contribution < -0.4 is 5.32 Å². The second kappa shape index (κ2) is 8.43. The quantitative estimate of drug-likeness (QED) is 0.540. The van der Waals surface area contributed by atoms with E-state index in [2.05, 4.69) is 10.4 Å². The molecule has 1 unspecified atom stereocenters.